The molecule has 2 aromatic heterocycles. The molecule has 7 nitrogen and oxygen atoms in total. The molecule has 0 bridgehead atoms. The average Bonchev–Trinajstić information content (AvgIpc) is 3.53. The van der Waals surface area contributed by atoms with E-state index >= 15 is 0 Å². The van der Waals surface area contributed by atoms with Crippen molar-refractivity contribution in [1.29, 1.82) is 0 Å². The van der Waals surface area contributed by atoms with Crippen LogP contribution in [0.15, 0.2) is 53.1 Å². The summed E-state index contributed by atoms with van der Waals surface area (Å²) in [6.07, 6.45) is 0. The zero-order valence-corrected chi connectivity index (χ0v) is 20.8. The zero-order chi connectivity index (χ0) is 24.6. The summed E-state index contributed by atoms with van der Waals surface area (Å²) in [5, 5.41) is 12.8. The number of aliphatic hydroxyl groups excluding tert-OH is 1. The van der Waals surface area contributed by atoms with Gasteiger partial charge in [0.15, 0.2) is 10.9 Å². The first-order chi connectivity index (χ1) is 16.2. The highest BCUT2D eigenvalue weighted by atomic mass is 32.1. The second-order valence-electron chi connectivity index (χ2n) is 8.10. The van der Waals surface area contributed by atoms with Crippen LogP contribution in [0.4, 0.5) is 5.13 Å². The molecular formula is C25H24N2O5S2. The lowest BCUT2D eigenvalue weighted by Gasteiger charge is -2.24. The summed E-state index contributed by atoms with van der Waals surface area (Å²) in [5.74, 6) is -1.98. The van der Waals surface area contributed by atoms with E-state index in [0.717, 1.165) is 16.9 Å². The fraction of sp³-hybridized carbons (Fsp3) is 0.280. The Kier molecular flexibility index (Phi) is 6.67. The second kappa shape index (κ2) is 9.52. The normalized spacial score (nSPS) is 16.0. The first-order valence-corrected chi connectivity index (χ1v) is 12.5. The van der Waals surface area contributed by atoms with Gasteiger partial charge in [0, 0.05) is 0 Å². The Morgan fingerprint density at radius 3 is 2.50 bits per heavy atom. The van der Waals surface area contributed by atoms with Gasteiger partial charge in [-0.15, -0.1) is 11.3 Å². The number of benzene rings is 1. The predicted molar refractivity (Wildman–Crippen MR) is 132 cm³/mol. The molecule has 3 aromatic rings. The minimum atomic E-state index is -0.885. The van der Waals surface area contributed by atoms with Crippen molar-refractivity contribution in [1.82, 2.24) is 4.98 Å². The maximum Gasteiger partial charge on any atom is 0.350 e. The SMILES string of the molecule is CCOC(=O)c1sc(N2C(=O)C(O)=C(C(=O)c3cccs3)[C@H]2c2ccc(C(C)C)cc2)nc1C. The number of hydrogen-bond donors (Lipinski definition) is 1. The summed E-state index contributed by atoms with van der Waals surface area (Å²) in [7, 11) is 0. The third-order valence-corrected chi connectivity index (χ3v) is 7.57. The molecule has 1 amide bonds. The van der Waals surface area contributed by atoms with Crippen molar-refractivity contribution in [2.45, 2.75) is 39.7 Å². The molecule has 1 N–H and O–H groups in total. The Bertz CT molecular complexity index is 1270. The van der Waals surface area contributed by atoms with Crippen molar-refractivity contribution in [2.24, 2.45) is 0 Å². The molecule has 0 spiro atoms. The maximum atomic E-state index is 13.4. The molecule has 0 saturated carbocycles. The fourth-order valence-electron chi connectivity index (χ4n) is 3.82. The largest absolute Gasteiger partial charge is 0.503 e. The van der Waals surface area contributed by atoms with Gasteiger partial charge in [-0.05, 0) is 42.3 Å². The predicted octanol–water partition coefficient (Wildman–Crippen LogP) is 5.60. The molecule has 0 fully saturated rings. The van der Waals surface area contributed by atoms with Crippen LogP contribution in [-0.2, 0) is 9.53 Å². The number of carbonyl (C=O) groups excluding carboxylic acids is 3. The quantitative estimate of drug-likeness (QED) is 0.338. The lowest BCUT2D eigenvalue weighted by molar-refractivity contribution is -0.117. The van der Waals surface area contributed by atoms with Crippen LogP contribution in [0.25, 0.3) is 0 Å². The Hall–Kier alpha value is -3.30. The van der Waals surface area contributed by atoms with E-state index in [1.54, 1.807) is 31.4 Å². The number of thiazole rings is 1. The van der Waals surface area contributed by atoms with Gasteiger partial charge in [-0.25, -0.2) is 9.78 Å². The molecule has 3 heterocycles. The van der Waals surface area contributed by atoms with Gasteiger partial charge >= 0.3 is 5.97 Å². The van der Waals surface area contributed by atoms with Crippen LogP contribution in [0.3, 0.4) is 0 Å². The van der Waals surface area contributed by atoms with E-state index < -0.39 is 29.5 Å². The smallest absolute Gasteiger partial charge is 0.350 e. The highest BCUT2D eigenvalue weighted by Crippen LogP contribution is 2.44. The van der Waals surface area contributed by atoms with Gasteiger partial charge in [0.05, 0.1) is 28.8 Å². The molecule has 0 aliphatic carbocycles. The van der Waals surface area contributed by atoms with Crippen molar-refractivity contribution >= 4 is 45.5 Å². The van der Waals surface area contributed by atoms with Gasteiger partial charge in [-0.2, -0.15) is 0 Å². The number of anilines is 1. The number of hydrogen-bond acceptors (Lipinski definition) is 8. The van der Waals surface area contributed by atoms with E-state index in [1.165, 1.54) is 16.2 Å². The first-order valence-electron chi connectivity index (χ1n) is 10.8. The molecule has 34 heavy (non-hydrogen) atoms. The van der Waals surface area contributed by atoms with Crippen molar-refractivity contribution in [3.8, 4) is 0 Å². The number of ether oxygens (including phenoxy) is 1. The van der Waals surface area contributed by atoms with E-state index in [4.69, 9.17) is 4.74 Å². The molecule has 4 rings (SSSR count). The fourth-order valence-corrected chi connectivity index (χ4v) is 5.49. The van der Waals surface area contributed by atoms with Gasteiger partial charge < -0.3 is 9.84 Å². The summed E-state index contributed by atoms with van der Waals surface area (Å²) >= 11 is 2.24. The van der Waals surface area contributed by atoms with Crippen molar-refractivity contribution < 1.29 is 24.2 Å². The molecule has 1 atom stereocenters. The highest BCUT2D eigenvalue weighted by molar-refractivity contribution is 7.17. The number of aromatic nitrogens is 1. The molecule has 0 unspecified atom stereocenters. The monoisotopic (exact) mass is 496 g/mol. The highest BCUT2D eigenvalue weighted by Gasteiger charge is 2.46. The number of Topliss-reactive ketones (excluding diaryl/α,β-unsaturated/α-hetero) is 1. The zero-order valence-electron chi connectivity index (χ0n) is 19.2. The maximum absolute atomic E-state index is 13.4. The van der Waals surface area contributed by atoms with Crippen LogP contribution in [-0.4, -0.2) is 34.4 Å². The Morgan fingerprint density at radius 2 is 1.91 bits per heavy atom. The van der Waals surface area contributed by atoms with Gasteiger partial charge in [0.25, 0.3) is 5.91 Å². The third kappa shape index (κ3) is 4.17. The number of thiophene rings is 1. The number of aryl methyl sites for hydroxylation is 1. The lowest BCUT2D eigenvalue weighted by Crippen LogP contribution is -2.31. The summed E-state index contributed by atoms with van der Waals surface area (Å²) < 4.78 is 5.10. The summed E-state index contributed by atoms with van der Waals surface area (Å²) in [4.78, 5) is 45.4. The number of amides is 1. The van der Waals surface area contributed by atoms with Gasteiger partial charge in [-0.1, -0.05) is 55.5 Å². The minimum absolute atomic E-state index is 0.00437. The number of rotatable bonds is 7. The number of esters is 1. The molecular weight excluding hydrogens is 472 g/mol. The molecule has 176 valence electrons. The van der Waals surface area contributed by atoms with Crippen LogP contribution in [0.5, 0.6) is 0 Å². The van der Waals surface area contributed by atoms with Crippen LogP contribution in [0.2, 0.25) is 0 Å². The van der Waals surface area contributed by atoms with Crippen molar-refractivity contribution in [3.05, 3.63) is 79.7 Å². The Labute approximate surface area is 205 Å². The van der Waals surface area contributed by atoms with Crippen molar-refractivity contribution in [3.63, 3.8) is 0 Å². The van der Waals surface area contributed by atoms with Crippen LogP contribution >= 0.6 is 22.7 Å². The van der Waals surface area contributed by atoms with Crippen molar-refractivity contribution in [2.75, 3.05) is 11.5 Å². The summed E-state index contributed by atoms with van der Waals surface area (Å²) in [6.45, 7) is 7.73. The second-order valence-corrected chi connectivity index (χ2v) is 10.0. The van der Waals surface area contributed by atoms with E-state index in [-0.39, 0.29) is 22.2 Å². The molecule has 0 radical (unpaired) electrons. The number of nitrogens with zero attached hydrogens (tertiary/aromatic N) is 2. The van der Waals surface area contributed by atoms with Gasteiger partial charge in [0.1, 0.15) is 4.88 Å². The Morgan fingerprint density at radius 1 is 1.21 bits per heavy atom. The lowest BCUT2D eigenvalue weighted by atomic mass is 9.93. The molecule has 0 saturated heterocycles. The molecule has 1 aliphatic heterocycles. The van der Waals surface area contributed by atoms with Crippen LogP contribution in [0.1, 0.15) is 68.9 Å². The Balaban J connectivity index is 1.84. The first kappa shape index (κ1) is 23.8. The number of aliphatic hydroxyl groups is 1. The van der Waals surface area contributed by atoms with Crippen LogP contribution in [0, 0.1) is 6.92 Å². The average molecular weight is 497 g/mol. The topological polar surface area (TPSA) is 96.8 Å². The number of carbonyl (C=O) groups is 3. The molecule has 1 aromatic carbocycles. The third-order valence-electron chi connectivity index (χ3n) is 5.57. The van der Waals surface area contributed by atoms with Gasteiger partial charge in [0.2, 0.25) is 5.78 Å². The minimum Gasteiger partial charge on any atom is -0.503 e. The summed E-state index contributed by atoms with van der Waals surface area (Å²) in [6, 6.07) is 10.1. The summed E-state index contributed by atoms with van der Waals surface area (Å²) in [5.41, 5.74) is 2.17. The van der Waals surface area contributed by atoms with E-state index in [2.05, 4.69) is 18.8 Å². The van der Waals surface area contributed by atoms with E-state index in [0.29, 0.717) is 22.1 Å². The standard InChI is InChI=1S/C25H24N2O5S2/c1-5-32-24(31)22-14(4)26-25(34-22)27-19(16-10-8-15(9-11-16)13(2)3)18(21(29)23(27)30)20(28)17-7-6-12-33-17/h6-13,19,29H,5H2,1-4H3/t19-/m1/s1. The van der Waals surface area contributed by atoms with E-state index in [1.807, 2.05) is 24.3 Å². The number of ketones is 1. The molecule has 1 aliphatic rings. The van der Waals surface area contributed by atoms with Crippen LogP contribution < -0.4 is 4.90 Å². The van der Waals surface area contributed by atoms with E-state index in [9.17, 15) is 19.5 Å². The van der Waals surface area contributed by atoms with Gasteiger partial charge in [-0.3, -0.25) is 14.5 Å². The molecule has 9 heteroatoms.